The van der Waals surface area contributed by atoms with Crippen molar-refractivity contribution in [2.75, 3.05) is 32.0 Å². The molecular weight excluding hydrogens is 296 g/mol. The van der Waals surface area contributed by atoms with Gasteiger partial charge >= 0.3 is 0 Å². The fraction of sp³-hybridized carbons (Fsp3) is 0.462. The molecule has 1 aromatic carbocycles. The van der Waals surface area contributed by atoms with Gasteiger partial charge in [0.05, 0.1) is 11.5 Å². The van der Waals surface area contributed by atoms with Gasteiger partial charge in [0.1, 0.15) is 5.69 Å². The molecule has 7 nitrogen and oxygen atoms in total. The predicted octanol–water partition coefficient (Wildman–Crippen LogP) is 1.25. The van der Waals surface area contributed by atoms with E-state index in [2.05, 4.69) is 10.6 Å². The molecule has 0 bridgehead atoms. The van der Waals surface area contributed by atoms with E-state index in [0.29, 0.717) is 5.69 Å². The van der Waals surface area contributed by atoms with E-state index in [0.717, 1.165) is 19.5 Å². The number of halogens is 1. The average Bonchev–Trinajstić information content (AvgIpc) is 2.98. The van der Waals surface area contributed by atoms with Crippen LogP contribution in [0.4, 0.5) is 11.4 Å². The summed E-state index contributed by atoms with van der Waals surface area (Å²) < 4.78 is 0. The quantitative estimate of drug-likeness (QED) is 0.631. The number of amides is 1. The maximum Gasteiger partial charge on any atom is 0.292 e. The molecule has 1 amide bonds. The zero-order valence-electron chi connectivity index (χ0n) is 11.7. The normalized spacial score (nSPS) is 16.9. The van der Waals surface area contributed by atoms with Gasteiger partial charge in [-0.15, -0.1) is 12.4 Å². The molecule has 0 spiro atoms. The molecule has 1 saturated heterocycles. The second-order valence-electron chi connectivity index (χ2n) is 4.78. The minimum absolute atomic E-state index is 0. The summed E-state index contributed by atoms with van der Waals surface area (Å²) in [6, 6.07) is 6.52. The zero-order chi connectivity index (χ0) is 14.5. The highest BCUT2D eigenvalue weighted by molar-refractivity contribution is 5.85. The molecule has 2 N–H and O–H groups in total. The maximum atomic E-state index is 12.1. The Morgan fingerprint density at radius 3 is 2.86 bits per heavy atom. The van der Waals surface area contributed by atoms with E-state index in [1.165, 1.54) is 6.07 Å². The van der Waals surface area contributed by atoms with Crippen LogP contribution in [0, 0.1) is 10.1 Å². The van der Waals surface area contributed by atoms with Gasteiger partial charge < -0.3 is 15.5 Å². The number of benzene rings is 1. The minimum Gasteiger partial charge on any atom is -0.371 e. The van der Waals surface area contributed by atoms with Gasteiger partial charge in [-0.2, -0.15) is 0 Å². The van der Waals surface area contributed by atoms with Crippen LogP contribution in [-0.4, -0.2) is 48.5 Å². The van der Waals surface area contributed by atoms with Crippen molar-refractivity contribution >= 4 is 29.7 Å². The van der Waals surface area contributed by atoms with Crippen LogP contribution in [0.1, 0.15) is 6.42 Å². The summed E-state index contributed by atoms with van der Waals surface area (Å²) in [5, 5.41) is 16.9. The highest BCUT2D eigenvalue weighted by Crippen LogP contribution is 2.22. The zero-order valence-corrected chi connectivity index (χ0v) is 12.6. The largest absolute Gasteiger partial charge is 0.371 e. The summed E-state index contributed by atoms with van der Waals surface area (Å²) in [5.74, 6) is -0.0724. The van der Waals surface area contributed by atoms with Crippen molar-refractivity contribution in [3.05, 3.63) is 34.4 Å². The lowest BCUT2D eigenvalue weighted by atomic mass is 10.2. The number of para-hydroxylation sites is 2. The van der Waals surface area contributed by atoms with Crippen LogP contribution < -0.4 is 10.6 Å². The minimum atomic E-state index is -0.461. The fourth-order valence-electron chi connectivity index (χ4n) is 2.25. The molecule has 2 rings (SSSR count). The standard InChI is InChI=1S/C13H18N4O3.ClH/c1-16(10-6-7-14-8-10)13(18)9-15-11-4-2-3-5-12(11)17(19)20;/h2-5,10,14-15H,6-9H2,1H3;1H. The topological polar surface area (TPSA) is 87.5 Å². The number of anilines is 1. The van der Waals surface area contributed by atoms with E-state index in [-0.39, 0.29) is 36.6 Å². The van der Waals surface area contributed by atoms with Gasteiger partial charge in [0.2, 0.25) is 5.91 Å². The molecule has 0 aromatic heterocycles. The number of nitrogens with zero attached hydrogens (tertiary/aromatic N) is 2. The van der Waals surface area contributed by atoms with Crippen molar-refractivity contribution in [3.63, 3.8) is 0 Å². The second-order valence-corrected chi connectivity index (χ2v) is 4.78. The van der Waals surface area contributed by atoms with Gasteiger partial charge in [-0.05, 0) is 19.0 Å². The van der Waals surface area contributed by atoms with Crippen molar-refractivity contribution in [1.82, 2.24) is 10.2 Å². The molecule has 1 fully saturated rings. The Labute approximate surface area is 129 Å². The number of rotatable bonds is 5. The first-order valence-electron chi connectivity index (χ1n) is 6.53. The van der Waals surface area contributed by atoms with Crippen molar-refractivity contribution in [3.8, 4) is 0 Å². The monoisotopic (exact) mass is 314 g/mol. The molecule has 0 aliphatic carbocycles. The van der Waals surface area contributed by atoms with E-state index < -0.39 is 4.92 Å². The number of nitrogens with one attached hydrogen (secondary N) is 2. The second kappa shape index (κ2) is 7.80. The predicted molar refractivity (Wildman–Crippen MR) is 82.9 cm³/mol. The van der Waals surface area contributed by atoms with E-state index in [1.807, 2.05) is 0 Å². The maximum absolute atomic E-state index is 12.1. The highest BCUT2D eigenvalue weighted by atomic mass is 35.5. The molecule has 1 heterocycles. The molecular formula is C13H19ClN4O3. The summed E-state index contributed by atoms with van der Waals surface area (Å²) in [6.45, 7) is 1.77. The first-order chi connectivity index (χ1) is 9.59. The van der Waals surface area contributed by atoms with E-state index in [4.69, 9.17) is 0 Å². The molecule has 1 unspecified atom stereocenters. The van der Waals surface area contributed by atoms with E-state index in [1.54, 1.807) is 30.1 Å². The van der Waals surface area contributed by atoms with Crippen molar-refractivity contribution < 1.29 is 9.72 Å². The van der Waals surface area contributed by atoms with Gasteiger partial charge in [-0.3, -0.25) is 14.9 Å². The van der Waals surface area contributed by atoms with Gasteiger partial charge in [-0.1, -0.05) is 12.1 Å². The summed E-state index contributed by atoms with van der Waals surface area (Å²) in [6.07, 6.45) is 0.938. The molecule has 0 radical (unpaired) electrons. The Morgan fingerprint density at radius 1 is 1.52 bits per heavy atom. The van der Waals surface area contributed by atoms with Crippen LogP contribution in [-0.2, 0) is 4.79 Å². The number of carbonyl (C=O) groups excluding carboxylic acids is 1. The third-order valence-corrected chi connectivity index (χ3v) is 3.51. The lowest BCUT2D eigenvalue weighted by Gasteiger charge is -2.24. The molecule has 0 saturated carbocycles. The lowest BCUT2D eigenvalue weighted by molar-refractivity contribution is -0.383. The Bertz CT molecular complexity index is 506. The molecule has 8 heteroatoms. The number of nitro groups is 1. The molecule has 116 valence electrons. The van der Waals surface area contributed by atoms with Crippen LogP contribution in [0.15, 0.2) is 24.3 Å². The fourth-order valence-corrected chi connectivity index (χ4v) is 2.25. The molecule has 1 atom stereocenters. The van der Waals surface area contributed by atoms with Crippen LogP contribution in [0.25, 0.3) is 0 Å². The van der Waals surface area contributed by atoms with Gasteiger partial charge in [0, 0.05) is 25.7 Å². The number of nitro benzene ring substituents is 1. The van der Waals surface area contributed by atoms with Crippen molar-refractivity contribution in [2.45, 2.75) is 12.5 Å². The first-order valence-corrected chi connectivity index (χ1v) is 6.53. The molecule has 1 aliphatic heterocycles. The van der Waals surface area contributed by atoms with Crippen LogP contribution >= 0.6 is 12.4 Å². The third-order valence-electron chi connectivity index (χ3n) is 3.51. The highest BCUT2D eigenvalue weighted by Gasteiger charge is 2.23. The van der Waals surface area contributed by atoms with Gasteiger partial charge in [0.25, 0.3) is 5.69 Å². The lowest BCUT2D eigenvalue weighted by Crippen LogP contribution is -2.41. The van der Waals surface area contributed by atoms with E-state index >= 15 is 0 Å². The number of hydrogen-bond acceptors (Lipinski definition) is 5. The average molecular weight is 315 g/mol. The van der Waals surface area contributed by atoms with E-state index in [9.17, 15) is 14.9 Å². The molecule has 1 aliphatic rings. The van der Waals surface area contributed by atoms with Crippen molar-refractivity contribution in [1.29, 1.82) is 0 Å². The van der Waals surface area contributed by atoms with Crippen molar-refractivity contribution in [2.24, 2.45) is 0 Å². The molecule has 21 heavy (non-hydrogen) atoms. The number of carbonyl (C=O) groups is 1. The van der Waals surface area contributed by atoms with Crippen LogP contribution in [0.3, 0.4) is 0 Å². The smallest absolute Gasteiger partial charge is 0.292 e. The Hall–Kier alpha value is -1.86. The SMILES string of the molecule is CN(C(=O)CNc1ccccc1[N+](=O)[O-])C1CCNC1.Cl. The van der Waals surface area contributed by atoms with Crippen LogP contribution in [0.5, 0.6) is 0 Å². The third kappa shape index (κ3) is 4.30. The van der Waals surface area contributed by atoms with Crippen LogP contribution in [0.2, 0.25) is 0 Å². The Morgan fingerprint density at radius 2 is 2.24 bits per heavy atom. The Kier molecular flexibility index (Phi) is 6.39. The number of hydrogen-bond donors (Lipinski definition) is 2. The number of likely N-dealkylation sites (N-methyl/N-ethyl adjacent to an activating group) is 1. The van der Waals surface area contributed by atoms with Gasteiger partial charge in [-0.25, -0.2) is 0 Å². The summed E-state index contributed by atoms with van der Waals surface area (Å²) in [5.41, 5.74) is 0.342. The Balaban J connectivity index is 0.00000220. The first kappa shape index (κ1) is 17.2. The summed E-state index contributed by atoms with van der Waals surface area (Å²) >= 11 is 0. The summed E-state index contributed by atoms with van der Waals surface area (Å²) in [4.78, 5) is 24.2. The summed E-state index contributed by atoms with van der Waals surface area (Å²) in [7, 11) is 1.76. The van der Waals surface area contributed by atoms with Gasteiger partial charge in [0.15, 0.2) is 0 Å². The molecule has 1 aromatic rings.